The molecule has 35 heavy (non-hydrogen) atoms. The molecule has 0 aliphatic heterocycles. The molecule has 2 unspecified atom stereocenters. The Bertz CT molecular complexity index is 451. The van der Waals surface area contributed by atoms with E-state index in [1.165, 1.54) is 0 Å². The highest BCUT2D eigenvalue weighted by Crippen LogP contribution is 2.40. The molecular formula is C30H62O5. The van der Waals surface area contributed by atoms with Gasteiger partial charge in [0.05, 0.1) is 24.4 Å². The average molecular weight is 503 g/mol. The van der Waals surface area contributed by atoms with Crippen LogP contribution in [0.1, 0.15) is 157 Å². The van der Waals surface area contributed by atoms with E-state index in [-0.39, 0.29) is 13.2 Å². The lowest BCUT2D eigenvalue weighted by Gasteiger charge is -2.47. The monoisotopic (exact) mass is 502 g/mol. The van der Waals surface area contributed by atoms with Crippen LogP contribution in [0.25, 0.3) is 0 Å². The van der Waals surface area contributed by atoms with Gasteiger partial charge in [-0.3, -0.25) is 0 Å². The molecule has 0 aromatic rings. The van der Waals surface area contributed by atoms with E-state index in [2.05, 4.69) is 41.5 Å². The van der Waals surface area contributed by atoms with Gasteiger partial charge >= 0.3 is 0 Å². The van der Waals surface area contributed by atoms with Crippen molar-refractivity contribution in [1.29, 1.82) is 0 Å². The van der Waals surface area contributed by atoms with Crippen LogP contribution in [0, 0.1) is 0 Å². The van der Waals surface area contributed by atoms with Crippen molar-refractivity contribution in [1.82, 2.24) is 0 Å². The van der Waals surface area contributed by atoms with E-state index in [0.717, 1.165) is 77.0 Å². The van der Waals surface area contributed by atoms with Crippen LogP contribution in [0.15, 0.2) is 0 Å². The highest BCUT2D eigenvalue weighted by atomic mass is 16.5. The van der Waals surface area contributed by atoms with Crippen molar-refractivity contribution >= 4 is 0 Å². The van der Waals surface area contributed by atoms with Gasteiger partial charge in [0.25, 0.3) is 0 Å². The Morgan fingerprint density at radius 1 is 0.371 bits per heavy atom. The van der Waals surface area contributed by atoms with Crippen LogP contribution in [0.2, 0.25) is 0 Å². The maximum atomic E-state index is 11.9. The van der Waals surface area contributed by atoms with Crippen LogP contribution in [-0.2, 0) is 4.74 Å². The van der Waals surface area contributed by atoms with Gasteiger partial charge < -0.3 is 25.2 Å². The van der Waals surface area contributed by atoms with Crippen molar-refractivity contribution in [3.63, 3.8) is 0 Å². The van der Waals surface area contributed by atoms with E-state index in [4.69, 9.17) is 4.74 Å². The quantitative estimate of drug-likeness (QED) is 0.113. The molecule has 5 heteroatoms. The van der Waals surface area contributed by atoms with Gasteiger partial charge in [0, 0.05) is 0 Å². The molecule has 0 amide bonds. The first kappa shape index (κ1) is 34.8. The smallest absolute Gasteiger partial charge is 0.116 e. The van der Waals surface area contributed by atoms with E-state index in [1.807, 2.05) is 0 Å². The van der Waals surface area contributed by atoms with Gasteiger partial charge in [0.1, 0.15) is 11.2 Å². The van der Waals surface area contributed by atoms with Crippen LogP contribution < -0.4 is 0 Å². The highest BCUT2D eigenvalue weighted by Gasteiger charge is 2.51. The van der Waals surface area contributed by atoms with E-state index in [0.29, 0.717) is 38.5 Å². The first-order valence-corrected chi connectivity index (χ1v) is 15.0. The number of aliphatic hydroxyl groups is 4. The minimum Gasteiger partial charge on any atom is -0.387 e. The third kappa shape index (κ3) is 11.0. The molecule has 0 radical (unpaired) electrons. The molecule has 0 aromatic heterocycles. The molecule has 0 fully saturated rings. The first-order chi connectivity index (χ1) is 16.6. The van der Waals surface area contributed by atoms with Gasteiger partial charge in [0.15, 0.2) is 0 Å². The van der Waals surface area contributed by atoms with Gasteiger partial charge in [-0.1, -0.05) is 119 Å². The molecule has 0 saturated heterocycles. The Hall–Kier alpha value is -0.200. The summed E-state index contributed by atoms with van der Waals surface area (Å²) < 4.78 is 6.15. The van der Waals surface area contributed by atoms with Crippen molar-refractivity contribution in [2.75, 3.05) is 13.2 Å². The average Bonchev–Trinajstić information content (AvgIpc) is 2.85. The third-order valence-electron chi connectivity index (χ3n) is 8.08. The molecule has 0 aliphatic carbocycles. The maximum absolute atomic E-state index is 11.9. The summed E-state index contributed by atoms with van der Waals surface area (Å²) in [5.74, 6) is 0. The van der Waals surface area contributed by atoms with E-state index < -0.39 is 22.4 Å². The van der Waals surface area contributed by atoms with Crippen molar-refractivity contribution in [3.05, 3.63) is 0 Å². The lowest BCUT2D eigenvalue weighted by Crippen LogP contribution is -2.60. The Morgan fingerprint density at radius 2 is 0.571 bits per heavy atom. The van der Waals surface area contributed by atoms with E-state index in [9.17, 15) is 20.4 Å². The maximum Gasteiger partial charge on any atom is 0.116 e. The van der Waals surface area contributed by atoms with Gasteiger partial charge in [-0.15, -0.1) is 0 Å². The molecular weight excluding hydrogens is 440 g/mol. The van der Waals surface area contributed by atoms with Crippen molar-refractivity contribution < 1.29 is 25.2 Å². The van der Waals surface area contributed by atoms with Crippen LogP contribution in [0.5, 0.6) is 0 Å². The molecule has 0 spiro atoms. The molecule has 0 aliphatic rings. The molecule has 0 rings (SSSR count). The van der Waals surface area contributed by atoms with Crippen LogP contribution in [-0.4, -0.2) is 56.0 Å². The van der Waals surface area contributed by atoms with Gasteiger partial charge in [-0.2, -0.15) is 0 Å². The molecule has 0 heterocycles. The summed E-state index contributed by atoms with van der Waals surface area (Å²) in [5, 5.41) is 47.2. The Kier molecular flexibility index (Phi) is 18.0. The van der Waals surface area contributed by atoms with Gasteiger partial charge in [0.2, 0.25) is 0 Å². The zero-order valence-electron chi connectivity index (χ0n) is 24.3. The SMILES string of the molecule is CCCCC(O)(CCCC)C(O)(CCCC)COCC(O)(CCCC)C(O)(CCCC)CCCC. The lowest BCUT2D eigenvalue weighted by molar-refractivity contribution is -0.225. The predicted octanol–water partition coefficient (Wildman–Crippen LogP) is 7.07. The standard InChI is InChI=1S/C30H62O5/c1-7-13-19-27(31,20-14-8-2)29(33,23-17-11-5)25-35-26-30(34,24-18-12-6)28(32,21-15-9-3)22-16-10-4/h31-34H,7-26H2,1-6H3. The zero-order chi connectivity index (χ0) is 26.8. The van der Waals surface area contributed by atoms with Crippen LogP contribution in [0.4, 0.5) is 0 Å². The number of hydrogen-bond donors (Lipinski definition) is 4. The van der Waals surface area contributed by atoms with Crippen molar-refractivity contribution in [2.24, 2.45) is 0 Å². The highest BCUT2D eigenvalue weighted by molar-refractivity contribution is 5.02. The molecule has 0 bridgehead atoms. The Labute approximate surface area is 218 Å². The summed E-state index contributed by atoms with van der Waals surface area (Å²) in [4.78, 5) is 0. The third-order valence-corrected chi connectivity index (χ3v) is 8.08. The molecule has 2 atom stereocenters. The molecule has 0 aromatic carbocycles. The summed E-state index contributed by atoms with van der Waals surface area (Å²) in [6.07, 6.45) is 13.8. The van der Waals surface area contributed by atoms with Crippen molar-refractivity contribution in [2.45, 2.75) is 180 Å². The lowest BCUT2D eigenvalue weighted by atomic mass is 9.72. The fraction of sp³-hybridized carbons (Fsp3) is 1.00. The topological polar surface area (TPSA) is 90.2 Å². The Morgan fingerprint density at radius 3 is 0.771 bits per heavy atom. The fourth-order valence-corrected chi connectivity index (χ4v) is 5.26. The molecule has 212 valence electrons. The van der Waals surface area contributed by atoms with E-state index >= 15 is 0 Å². The molecule has 5 nitrogen and oxygen atoms in total. The molecule has 0 saturated carbocycles. The summed E-state index contributed by atoms with van der Waals surface area (Å²) in [6, 6.07) is 0. The van der Waals surface area contributed by atoms with E-state index in [1.54, 1.807) is 0 Å². The Balaban J connectivity index is 5.87. The second-order valence-electron chi connectivity index (χ2n) is 11.2. The number of hydrogen-bond acceptors (Lipinski definition) is 5. The minimum atomic E-state index is -1.37. The largest absolute Gasteiger partial charge is 0.387 e. The number of unbranched alkanes of at least 4 members (excludes halogenated alkanes) is 6. The predicted molar refractivity (Wildman–Crippen MR) is 148 cm³/mol. The zero-order valence-corrected chi connectivity index (χ0v) is 24.3. The molecule has 4 N–H and O–H groups in total. The first-order valence-electron chi connectivity index (χ1n) is 15.0. The second-order valence-corrected chi connectivity index (χ2v) is 11.2. The number of rotatable bonds is 24. The van der Waals surface area contributed by atoms with Gasteiger partial charge in [-0.05, 0) is 38.5 Å². The summed E-state index contributed by atoms with van der Waals surface area (Å²) in [6.45, 7) is 12.5. The second kappa shape index (κ2) is 18.1. The number of ether oxygens (including phenoxy) is 1. The normalized spacial score (nSPS) is 16.3. The van der Waals surface area contributed by atoms with Crippen LogP contribution >= 0.6 is 0 Å². The van der Waals surface area contributed by atoms with Crippen LogP contribution in [0.3, 0.4) is 0 Å². The summed E-state index contributed by atoms with van der Waals surface area (Å²) >= 11 is 0. The van der Waals surface area contributed by atoms with Crippen molar-refractivity contribution in [3.8, 4) is 0 Å². The minimum absolute atomic E-state index is 0.0248. The summed E-state index contributed by atoms with van der Waals surface area (Å²) in [7, 11) is 0. The fourth-order valence-electron chi connectivity index (χ4n) is 5.26. The van der Waals surface area contributed by atoms with Gasteiger partial charge in [-0.25, -0.2) is 0 Å². The summed E-state index contributed by atoms with van der Waals surface area (Å²) in [5.41, 5.74) is -5.17.